The highest BCUT2D eigenvalue weighted by Crippen LogP contribution is 2.19. The van der Waals surface area contributed by atoms with E-state index in [1.165, 1.54) is 23.8 Å². The fourth-order valence-corrected chi connectivity index (χ4v) is 2.00. The van der Waals surface area contributed by atoms with Crippen LogP contribution in [0.4, 0.5) is 15.8 Å². The van der Waals surface area contributed by atoms with Gasteiger partial charge in [-0.25, -0.2) is 4.39 Å². The predicted molar refractivity (Wildman–Crippen MR) is 78.9 cm³/mol. The van der Waals surface area contributed by atoms with Crippen LogP contribution in [0.2, 0.25) is 0 Å². The maximum Gasteiger partial charge on any atom is 0.224 e. The molecule has 3 N–H and O–H groups in total. The molecule has 0 heterocycles. The zero-order valence-electron chi connectivity index (χ0n) is 11.3. The Morgan fingerprint density at radius 1 is 1.25 bits per heavy atom. The van der Waals surface area contributed by atoms with Gasteiger partial charge in [-0.1, -0.05) is 24.3 Å². The molecule has 2 aromatic carbocycles. The Morgan fingerprint density at radius 2 is 2.00 bits per heavy atom. The van der Waals surface area contributed by atoms with Gasteiger partial charge in [-0.3, -0.25) is 4.79 Å². The Kier molecular flexibility index (Phi) is 4.35. The molecular weight excluding hydrogens is 255 g/mol. The summed E-state index contributed by atoms with van der Waals surface area (Å²) in [6.07, 6.45) is 1.03. The predicted octanol–water partition coefficient (Wildman–Crippen LogP) is 3.29. The summed E-state index contributed by atoms with van der Waals surface area (Å²) in [5, 5.41) is 2.70. The molecule has 0 spiro atoms. The van der Waals surface area contributed by atoms with E-state index in [9.17, 15) is 9.18 Å². The van der Waals surface area contributed by atoms with Crippen LogP contribution >= 0.6 is 0 Å². The maximum atomic E-state index is 12.9. The molecule has 0 unspecified atom stereocenters. The van der Waals surface area contributed by atoms with E-state index in [0.29, 0.717) is 18.5 Å². The lowest BCUT2D eigenvalue weighted by molar-refractivity contribution is -0.116. The van der Waals surface area contributed by atoms with Gasteiger partial charge >= 0.3 is 0 Å². The maximum absolute atomic E-state index is 12.9. The van der Waals surface area contributed by atoms with Crippen molar-refractivity contribution in [3.05, 3.63) is 59.4 Å². The largest absolute Gasteiger partial charge is 0.397 e. The molecular formula is C16H17FN2O. The highest BCUT2D eigenvalue weighted by Gasteiger charge is 2.07. The number of hydrogen-bond acceptors (Lipinski definition) is 2. The summed E-state index contributed by atoms with van der Waals surface area (Å²) < 4.78 is 12.9. The minimum atomic E-state index is -0.416. The minimum Gasteiger partial charge on any atom is -0.397 e. The van der Waals surface area contributed by atoms with Crippen molar-refractivity contribution in [3.63, 3.8) is 0 Å². The van der Waals surface area contributed by atoms with E-state index < -0.39 is 5.82 Å². The van der Waals surface area contributed by atoms with Crippen molar-refractivity contribution in [3.8, 4) is 0 Å². The van der Waals surface area contributed by atoms with Crippen molar-refractivity contribution in [2.75, 3.05) is 11.1 Å². The van der Waals surface area contributed by atoms with E-state index in [-0.39, 0.29) is 11.6 Å². The number of benzene rings is 2. The van der Waals surface area contributed by atoms with Crippen LogP contribution in [0.25, 0.3) is 0 Å². The Bertz CT molecular complexity index is 626. The number of nitrogen functional groups attached to an aromatic ring is 1. The summed E-state index contributed by atoms with van der Waals surface area (Å²) in [5.41, 5.74) is 8.64. The van der Waals surface area contributed by atoms with Crippen LogP contribution < -0.4 is 11.1 Å². The number of hydrogen-bond donors (Lipinski definition) is 2. The second-order valence-corrected chi connectivity index (χ2v) is 4.71. The number of aryl methyl sites for hydroxylation is 2. The molecule has 0 fully saturated rings. The smallest absolute Gasteiger partial charge is 0.224 e. The van der Waals surface area contributed by atoms with E-state index in [0.717, 1.165) is 5.56 Å². The van der Waals surface area contributed by atoms with Crippen molar-refractivity contribution in [2.45, 2.75) is 19.8 Å². The lowest BCUT2D eigenvalue weighted by Gasteiger charge is -2.09. The molecule has 0 aliphatic rings. The first kappa shape index (κ1) is 14.1. The normalized spacial score (nSPS) is 10.3. The Morgan fingerprint density at radius 3 is 2.70 bits per heavy atom. The van der Waals surface area contributed by atoms with Crippen molar-refractivity contribution in [2.24, 2.45) is 0 Å². The summed E-state index contributed by atoms with van der Waals surface area (Å²) in [6.45, 7) is 2.02. The molecule has 0 bridgehead atoms. The average molecular weight is 272 g/mol. The molecule has 0 radical (unpaired) electrons. The molecule has 20 heavy (non-hydrogen) atoms. The van der Waals surface area contributed by atoms with E-state index in [4.69, 9.17) is 5.73 Å². The number of rotatable bonds is 4. The van der Waals surface area contributed by atoms with Gasteiger partial charge in [0.2, 0.25) is 5.91 Å². The van der Waals surface area contributed by atoms with Gasteiger partial charge in [-0.15, -0.1) is 0 Å². The zero-order valence-corrected chi connectivity index (χ0v) is 11.3. The van der Waals surface area contributed by atoms with E-state index in [1.54, 1.807) is 0 Å². The SMILES string of the molecule is Cc1ccccc1CCC(=O)Nc1ccc(F)cc1N. The van der Waals surface area contributed by atoms with Crippen LogP contribution in [-0.2, 0) is 11.2 Å². The second-order valence-electron chi connectivity index (χ2n) is 4.71. The second kappa shape index (κ2) is 6.19. The standard InChI is InChI=1S/C16H17FN2O/c1-11-4-2-3-5-12(11)6-9-16(20)19-15-8-7-13(17)10-14(15)18/h2-5,7-8,10H,6,9,18H2,1H3,(H,19,20). The molecule has 2 aromatic rings. The van der Waals surface area contributed by atoms with Gasteiger partial charge in [0.15, 0.2) is 0 Å². The van der Waals surface area contributed by atoms with Gasteiger partial charge in [0.25, 0.3) is 0 Å². The summed E-state index contributed by atoms with van der Waals surface area (Å²) in [4.78, 5) is 11.9. The molecule has 0 aromatic heterocycles. The number of carbonyl (C=O) groups is 1. The highest BCUT2D eigenvalue weighted by atomic mass is 19.1. The number of anilines is 2. The lowest BCUT2D eigenvalue weighted by atomic mass is 10.0. The molecule has 1 amide bonds. The molecule has 4 heteroatoms. The highest BCUT2D eigenvalue weighted by molar-refractivity contribution is 5.93. The Labute approximate surface area is 117 Å². The van der Waals surface area contributed by atoms with Gasteiger partial charge in [-0.05, 0) is 42.7 Å². The van der Waals surface area contributed by atoms with Crippen LogP contribution in [0.3, 0.4) is 0 Å². The molecule has 2 rings (SSSR count). The monoisotopic (exact) mass is 272 g/mol. The van der Waals surface area contributed by atoms with Gasteiger partial charge in [-0.2, -0.15) is 0 Å². The van der Waals surface area contributed by atoms with E-state index in [2.05, 4.69) is 5.32 Å². The third-order valence-corrected chi connectivity index (χ3v) is 3.17. The van der Waals surface area contributed by atoms with Crippen LogP contribution in [0.5, 0.6) is 0 Å². The summed E-state index contributed by atoms with van der Waals surface area (Å²) in [7, 11) is 0. The van der Waals surface area contributed by atoms with Crippen LogP contribution in [0.15, 0.2) is 42.5 Å². The molecule has 3 nitrogen and oxygen atoms in total. The van der Waals surface area contributed by atoms with Crippen molar-refractivity contribution >= 4 is 17.3 Å². The summed E-state index contributed by atoms with van der Waals surface area (Å²) in [6, 6.07) is 11.9. The summed E-state index contributed by atoms with van der Waals surface area (Å²) in [5.74, 6) is -0.549. The van der Waals surface area contributed by atoms with Crippen LogP contribution in [0, 0.1) is 12.7 Å². The quantitative estimate of drug-likeness (QED) is 0.839. The third-order valence-electron chi connectivity index (χ3n) is 3.17. The fourth-order valence-electron chi connectivity index (χ4n) is 2.00. The number of nitrogens with two attached hydrogens (primary N) is 1. The van der Waals surface area contributed by atoms with Crippen molar-refractivity contribution in [1.29, 1.82) is 0 Å². The van der Waals surface area contributed by atoms with Crippen molar-refractivity contribution < 1.29 is 9.18 Å². The third kappa shape index (κ3) is 3.57. The van der Waals surface area contributed by atoms with Gasteiger partial charge in [0.1, 0.15) is 5.82 Å². The van der Waals surface area contributed by atoms with E-state index in [1.807, 2.05) is 31.2 Å². The average Bonchev–Trinajstić information content (AvgIpc) is 2.41. The topological polar surface area (TPSA) is 55.1 Å². The fraction of sp³-hybridized carbons (Fsp3) is 0.188. The Hall–Kier alpha value is -2.36. The first-order valence-electron chi connectivity index (χ1n) is 6.45. The zero-order chi connectivity index (χ0) is 14.5. The molecule has 0 saturated heterocycles. The van der Waals surface area contributed by atoms with Gasteiger partial charge in [0, 0.05) is 6.42 Å². The van der Waals surface area contributed by atoms with Crippen LogP contribution in [-0.4, -0.2) is 5.91 Å². The first-order valence-corrected chi connectivity index (χ1v) is 6.45. The van der Waals surface area contributed by atoms with Gasteiger partial charge < -0.3 is 11.1 Å². The number of amides is 1. The number of halogens is 1. The molecule has 0 aliphatic carbocycles. The minimum absolute atomic E-state index is 0.133. The molecule has 0 atom stereocenters. The Balaban J connectivity index is 1.94. The molecule has 104 valence electrons. The van der Waals surface area contributed by atoms with Gasteiger partial charge in [0.05, 0.1) is 11.4 Å². The van der Waals surface area contributed by atoms with Crippen molar-refractivity contribution in [1.82, 2.24) is 0 Å². The van der Waals surface area contributed by atoms with E-state index >= 15 is 0 Å². The number of nitrogens with one attached hydrogen (secondary N) is 1. The summed E-state index contributed by atoms with van der Waals surface area (Å²) >= 11 is 0. The molecule has 0 aliphatic heterocycles. The molecule has 0 saturated carbocycles. The van der Waals surface area contributed by atoms with Crippen LogP contribution in [0.1, 0.15) is 17.5 Å². The first-order chi connectivity index (χ1) is 9.56. The lowest BCUT2D eigenvalue weighted by Crippen LogP contribution is -2.14. The number of carbonyl (C=O) groups excluding carboxylic acids is 1.